The lowest BCUT2D eigenvalue weighted by atomic mass is 9.98. The van der Waals surface area contributed by atoms with Crippen LogP contribution in [0.3, 0.4) is 0 Å². The molecule has 7 aromatic rings. The van der Waals surface area contributed by atoms with E-state index in [1.807, 2.05) is 30.3 Å². The van der Waals surface area contributed by atoms with E-state index in [0.29, 0.717) is 39.4 Å². The molecule has 2 aromatic heterocycles. The highest BCUT2D eigenvalue weighted by Crippen LogP contribution is 2.24. The Morgan fingerprint density at radius 1 is 0.479 bits per heavy atom. The zero-order valence-electron chi connectivity index (χ0n) is 80.1. The fraction of sp³-hybridized carbons (Fsp3) is 0.438. The molecule has 45 nitrogen and oxygen atoms in total. The maximum absolute atomic E-state index is 15.6. The Morgan fingerprint density at radius 2 is 0.915 bits per heavy atom. The smallest absolute Gasteiger partial charge is 0.305 e. The molecule has 16 amide bonds. The van der Waals surface area contributed by atoms with E-state index in [1.54, 1.807) is 113 Å². The molecule has 0 saturated carbocycles. The van der Waals surface area contributed by atoms with Gasteiger partial charge in [0.2, 0.25) is 94.5 Å². The van der Waals surface area contributed by atoms with Crippen LogP contribution < -0.4 is 102 Å². The fourth-order valence-electron chi connectivity index (χ4n) is 15.4. The highest BCUT2D eigenvalue weighted by atomic mass is 32.2. The number of nitrogens with zero attached hydrogens (tertiary/aromatic N) is 2. The second-order valence-corrected chi connectivity index (χ2v) is 36.6. The van der Waals surface area contributed by atoms with Gasteiger partial charge in [-0.2, -0.15) is 0 Å². The van der Waals surface area contributed by atoms with Crippen molar-refractivity contribution >= 4 is 135 Å². The Hall–Kier alpha value is -15.5. The van der Waals surface area contributed by atoms with Crippen LogP contribution in [0.2, 0.25) is 0 Å². The molecule has 5 aromatic carbocycles. The zero-order valence-corrected chi connectivity index (χ0v) is 80.9. The number of aromatic nitrogens is 3. The van der Waals surface area contributed by atoms with E-state index in [9.17, 15) is 58.5 Å². The number of carbonyl (C=O) groups is 17. The average molecular weight is 1990 g/mol. The van der Waals surface area contributed by atoms with Crippen molar-refractivity contribution in [3.8, 4) is 16.9 Å². The number of thioether (sulfide) groups is 1. The number of carboxylic acids is 1. The van der Waals surface area contributed by atoms with E-state index in [2.05, 4.69) is 100 Å². The standard InChI is InChI=1S/C96H129N25O20S/c1-51(2)37-67-89(136)119-80(53(5)6)93(140)117-74(47-122)91(138)118-75(82(129)106-46-76(97)124)48-142-49-77(125)108-68(38-55-19-11-9-12-20-55)84(131)113-69(40-57-29-33-62(123)34-30-57)86(133)115-73(43-78(126)127)88(135)114-71(41-60-44-105-64-24-16-15-23-63(60)64)90(137)120-79(52(3)4)92(139)116-70(39-56-27-31-59(32-28-56)58-21-13-10-14-22-58)85(132)110-66(26-18-36-104-96(100)101)94(141)121(8)54(7)81(128)111-72(42-61-45-102-50-107-61)87(134)109-65(83(130)112-67)25-17-35-103-95(98)99/h9-16,19-24,27-34,44-45,50-54,65-75,79-80,105,122-123H,17-18,25-26,35-43,46-49H2,1-8H3,(H2,97,124)(H,102,107)(H,106,129)(H,108,125)(H,109,134)(H,110,132)(H,111,128)(H,112,130)(H,113,131)(H,114,135)(H,115,133)(H,116,139)(H,117,140)(H,118,138)(H,119,136)(H,120,137)(H,126,127)(H4,98,99,103)(H4,100,101,104)/t54-,65-,66-,67-,68-,69-,70-,71-,72+,73-,74-,75-,79-,80-/m0/s1. The van der Waals surface area contributed by atoms with Crippen LogP contribution in [0.4, 0.5) is 0 Å². The number of imidazole rings is 1. The molecule has 0 bridgehead atoms. The molecule has 3 heterocycles. The van der Waals surface area contributed by atoms with Gasteiger partial charge in [0.15, 0.2) is 11.9 Å². The van der Waals surface area contributed by atoms with Crippen molar-refractivity contribution in [1.29, 1.82) is 10.8 Å². The van der Waals surface area contributed by atoms with Crippen molar-refractivity contribution < 1.29 is 96.8 Å². The molecule has 1 fully saturated rings. The summed E-state index contributed by atoms with van der Waals surface area (Å²) in [5, 5.41) is 89.6. The zero-order chi connectivity index (χ0) is 104. The molecule has 0 unspecified atom stereocenters. The van der Waals surface area contributed by atoms with Crippen LogP contribution in [-0.2, 0) is 114 Å². The minimum atomic E-state index is -2.09. The number of likely N-dealkylation sites (N-methyl/N-ethyl adjacent to an activating group) is 1. The first-order valence-corrected chi connectivity index (χ1v) is 47.5. The number of rotatable bonds is 29. The predicted molar refractivity (Wildman–Crippen MR) is 525 cm³/mol. The van der Waals surface area contributed by atoms with E-state index in [-0.39, 0.29) is 93.8 Å². The normalized spacial score (nSPS) is 22.4. The molecular weight excluding hydrogens is 1860 g/mol. The van der Waals surface area contributed by atoms with Crippen molar-refractivity contribution in [3.05, 3.63) is 180 Å². The second kappa shape index (κ2) is 55.3. The number of phenolic OH excluding ortho intramolecular Hbond substituents is 1. The Kier molecular flexibility index (Phi) is 43.6. The SMILES string of the molecule is CC(C)C[C@@H]1NC(=O)[C@H](CCCNC(=N)N)NC(=O)[C@@H](Cc2cnc[nH]2)NC(=O)[C@H](C)N(C)C(=O)[C@H](CCCNC(=N)N)NC(=O)[C@H](Cc2ccc(-c3ccccc3)cc2)NC(=O)[C@H](C(C)C)NC(=O)[C@H](Cc2c[nH]c3ccccc23)NC(=O)[C@H](CC(=O)O)NC(=O)[C@H](Cc2ccc(O)cc2)NC(=O)[C@H](Cc2ccccc2)NC(=O)CSC[C@@H](C(=O)NCC(N)=O)NC(=O)[C@H](CO)NC(=O)[C@H](C(C)C)NC1=O. The monoisotopic (exact) mass is 1980 g/mol. The number of amides is 16. The number of carbonyl (C=O) groups excluding carboxylic acids is 16. The van der Waals surface area contributed by atoms with Gasteiger partial charge >= 0.3 is 5.97 Å². The lowest BCUT2D eigenvalue weighted by Crippen LogP contribution is -2.62. The lowest BCUT2D eigenvalue weighted by Gasteiger charge is -2.32. The maximum Gasteiger partial charge on any atom is 0.305 e. The van der Waals surface area contributed by atoms with Crippen LogP contribution in [0.1, 0.15) is 115 Å². The van der Waals surface area contributed by atoms with E-state index in [0.717, 1.165) is 16.0 Å². The molecular formula is C96H129N25O20S. The van der Waals surface area contributed by atoms with Crippen molar-refractivity contribution in [2.45, 2.75) is 204 Å². The number of guanidine groups is 2. The van der Waals surface area contributed by atoms with Crippen LogP contribution in [0.25, 0.3) is 22.0 Å². The number of aliphatic carboxylic acids is 1. The molecule has 1 saturated heterocycles. The number of primary amides is 1. The van der Waals surface area contributed by atoms with Gasteiger partial charge in [-0.3, -0.25) is 92.3 Å². The molecule has 0 aliphatic carbocycles. The summed E-state index contributed by atoms with van der Waals surface area (Å²) in [6, 6.07) is 13.3. The Labute approximate surface area is 823 Å². The third kappa shape index (κ3) is 35.7. The number of nitrogens with one attached hydrogen (secondary N) is 20. The summed E-state index contributed by atoms with van der Waals surface area (Å²) in [6.45, 7) is 8.97. The van der Waals surface area contributed by atoms with Crippen molar-refractivity contribution in [2.24, 2.45) is 35.0 Å². The van der Waals surface area contributed by atoms with Gasteiger partial charge < -0.3 is 132 Å². The number of hydrogen-bond donors (Lipinski definition) is 26. The first-order valence-electron chi connectivity index (χ1n) is 46.4. The van der Waals surface area contributed by atoms with Gasteiger partial charge in [-0.05, 0) is 108 Å². The number of hydrogen-bond acceptors (Lipinski definition) is 23. The summed E-state index contributed by atoms with van der Waals surface area (Å²) in [5.41, 5.74) is 20.8. The second-order valence-electron chi connectivity index (χ2n) is 35.6. The summed E-state index contributed by atoms with van der Waals surface area (Å²) in [7, 11) is 1.24. The number of aliphatic hydroxyl groups is 1. The van der Waals surface area contributed by atoms with Crippen LogP contribution in [0, 0.1) is 28.6 Å². The number of para-hydroxylation sites is 1. The van der Waals surface area contributed by atoms with E-state index in [1.165, 1.54) is 64.6 Å². The van der Waals surface area contributed by atoms with E-state index < -0.39 is 246 Å². The minimum Gasteiger partial charge on any atom is -0.508 e. The maximum atomic E-state index is 15.6. The lowest BCUT2D eigenvalue weighted by molar-refractivity contribution is -0.142. The van der Waals surface area contributed by atoms with Gasteiger partial charge in [0.05, 0.1) is 31.7 Å². The molecule has 46 heteroatoms. The molecule has 142 heavy (non-hydrogen) atoms. The summed E-state index contributed by atoms with van der Waals surface area (Å²) in [5.74, 6) is -22.4. The topological polar surface area (TPSA) is 717 Å². The van der Waals surface area contributed by atoms with Crippen LogP contribution in [0.15, 0.2) is 152 Å². The molecule has 14 atom stereocenters. The molecule has 0 spiro atoms. The minimum absolute atomic E-state index is 0.0182. The van der Waals surface area contributed by atoms with Gasteiger partial charge in [-0.15, -0.1) is 11.8 Å². The van der Waals surface area contributed by atoms with Gasteiger partial charge in [0.25, 0.3) is 0 Å². The molecule has 1 aliphatic rings. The van der Waals surface area contributed by atoms with Gasteiger partial charge in [0.1, 0.15) is 90.3 Å². The molecule has 1 aliphatic heterocycles. The quantitative estimate of drug-likeness (QED) is 0.0132. The predicted octanol–water partition coefficient (Wildman–Crippen LogP) is -2.37. The Morgan fingerprint density at radius 3 is 1.45 bits per heavy atom. The third-order valence-electron chi connectivity index (χ3n) is 23.2. The number of aromatic hydroxyl groups is 1. The molecule has 8 rings (SSSR count). The van der Waals surface area contributed by atoms with Crippen molar-refractivity contribution in [2.75, 3.05) is 44.8 Å². The molecule has 0 radical (unpaired) electrons. The number of nitrogens with two attached hydrogens (primary N) is 3. The molecule has 764 valence electrons. The van der Waals surface area contributed by atoms with Gasteiger partial charge in [-0.1, -0.05) is 157 Å². The summed E-state index contributed by atoms with van der Waals surface area (Å²) < 4.78 is 0. The van der Waals surface area contributed by atoms with Crippen molar-refractivity contribution in [3.63, 3.8) is 0 Å². The number of aliphatic hydroxyl groups excluding tert-OH is 1. The third-order valence-corrected chi connectivity index (χ3v) is 24.2. The number of aromatic amines is 2. The number of phenols is 1. The largest absolute Gasteiger partial charge is 0.508 e. The van der Waals surface area contributed by atoms with E-state index in [4.69, 9.17) is 28.0 Å². The number of H-pyrrole nitrogens is 2. The summed E-state index contributed by atoms with van der Waals surface area (Å²) in [4.78, 5) is 260. The van der Waals surface area contributed by atoms with Crippen LogP contribution in [0.5, 0.6) is 5.75 Å². The Balaban J connectivity index is 1.22. The van der Waals surface area contributed by atoms with Gasteiger partial charge in [0, 0.05) is 87.0 Å². The highest BCUT2D eigenvalue weighted by Gasteiger charge is 2.41. The van der Waals surface area contributed by atoms with Crippen LogP contribution >= 0.6 is 11.8 Å². The van der Waals surface area contributed by atoms with Crippen LogP contribution in [-0.4, -0.2) is 277 Å². The molecule has 29 N–H and O–H groups in total. The van der Waals surface area contributed by atoms with Gasteiger partial charge in [-0.25, -0.2) is 4.98 Å². The number of benzene rings is 5. The highest BCUT2D eigenvalue weighted by molar-refractivity contribution is 8.00. The number of fused-ring (bicyclic) bond motifs is 1. The fourth-order valence-corrected chi connectivity index (χ4v) is 16.2. The van der Waals surface area contributed by atoms with E-state index >= 15 is 38.4 Å². The average Bonchev–Trinajstić information content (AvgIpc) is 1.65. The number of carboxylic acid groups (broad SMARTS) is 1. The summed E-state index contributed by atoms with van der Waals surface area (Å²) >= 11 is 0.701. The van der Waals surface area contributed by atoms with Crippen molar-refractivity contribution in [1.82, 2.24) is 105 Å². The first kappa shape index (κ1) is 112. The summed E-state index contributed by atoms with van der Waals surface area (Å²) in [6.07, 6.45) is 0.818. The first-order chi connectivity index (χ1) is 67.5. The Bertz CT molecular complexity index is 5540.